The second-order valence-corrected chi connectivity index (χ2v) is 1.26. The molecule has 0 saturated heterocycles. The fourth-order valence-corrected chi connectivity index (χ4v) is 0.0680. The molecule has 0 radical (unpaired) electrons. The Hall–Kier alpha value is -0.470. The number of aliphatic hydroxyl groups excluding tert-OH is 1. The number of halogens is 1. The molecule has 0 fully saturated rings. The molecule has 3 heteroatoms. The third kappa shape index (κ3) is 36.0. The zero-order chi connectivity index (χ0) is 7.54. The van der Waals surface area contributed by atoms with Crippen molar-refractivity contribution in [1.29, 1.82) is 0 Å². The van der Waals surface area contributed by atoms with Crippen LogP contribution in [0.5, 0.6) is 0 Å². The molecule has 2 nitrogen and oxygen atoms in total. The summed E-state index contributed by atoms with van der Waals surface area (Å²) in [4.78, 5) is 0. The van der Waals surface area contributed by atoms with Crippen molar-refractivity contribution in [2.24, 2.45) is 0 Å². The van der Waals surface area contributed by atoms with Crippen LogP contribution in [0.15, 0.2) is 25.7 Å². The number of aliphatic hydroxyl groups is 1. The van der Waals surface area contributed by atoms with Crippen LogP contribution in [0.25, 0.3) is 0 Å². The van der Waals surface area contributed by atoms with Crippen molar-refractivity contribution in [3.8, 4) is 0 Å². The minimum atomic E-state index is 0.0849. The second kappa shape index (κ2) is 15.6. The Morgan fingerprint density at radius 3 is 1.78 bits per heavy atom. The molecule has 0 aliphatic rings. The largest absolute Gasteiger partial charge is 0.474 e. The average Bonchev–Trinajstić information content (AvgIpc) is 1.91. The van der Waals surface area contributed by atoms with Crippen molar-refractivity contribution >= 4 is 11.6 Å². The standard InChI is InChI=1S/C4H6O.C2H5ClO/c1-3-5-4-2;3-1-2-4/h3-4H,1-2H2;4H,1-2H2. The normalized spacial score (nSPS) is 6.44. The smallest absolute Gasteiger partial charge is 0.0829 e. The van der Waals surface area contributed by atoms with E-state index in [1.54, 1.807) is 0 Å². The van der Waals surface area contributed by atoms with Crippen molar-refractivity contribution in [2.45, 2.75) is 0 Å². The zero-order valence-corrected chi connectivity index (χ0v) is 5.97. The summed E-state index contributed by atoms with van der Waals surface area (Å²) in [6.45, 7) is 6.60. The van der Waals surface area contributed by atoms with E-state index in [4.69, 9.17) is 16.7 Å². The highest BCUT2D eigenvalue weighted by Crippen LogP contribution is 1.65. The van der Waals surface area contributed by atoms with Gasteiger partial charge in [0, 0.05) is 5.88 Å². The maximum Gasteiger partial charge on any atom is 0.0829 e. The van der Waals surface area contributed by atoms with Gasteiger partial charge in [0.15, 0.2) is 0 Å². The zero-order valence-electron chi connectivity index (χ0n) is 5.22. The molecule has 1 N–H and O–H groups in total. The van der Waals surface area contributed by atoms with Crippen LogP contribution >= 0.6 is 11.6 Å². The summed E-state index contributed by atoms with van der Waals surface area (Å²) in [5.74, 6) is 0.347. The van der Waals surface area contributed by atoms with E-state index in [0.717, 1.165) is 0 Å². The highest BCUT2D eigenvalue weighted by Gasteiger charge is 1.60. The number of hydrogen-bond acceptors (Lipinski definition) is 2. The van der Waals surface area contributed by atoms with Crippen LogP contribution < -0.4 is 0 Å². The Morgan fingerprint density at radius 2 is 1.78 bits per heavy atom. The Kier molecular flexibility index (Phi) is 19.7. The molecule has 0 rings (SSSR count). The van der Waals surface area contributed by atoms with E-state index in [2.05, 4.69) is 17.9 Å². The monoisotopic (exact) mass is 150 g/mol. The lowest BCUT2D eigenvalue weighted by molar-refractivity contribution is 0.321. The van der Waals surface area contributed by atoms with Crippen LogP contribution in [0.3, 0.4) is 0 Å². The van der Waals surface area contributed by atoms with Gasteiger partial charge in [0.1, 0.15) is 0 Å². The predicted octanol–water partition coefficient (Wildman–Crippen LogP) is 1.51. The van der Waals surface area contributed by atoms with Gasteiger partial charge in [0.25, 0.3) is 0 Å². The molecule has 0 aliphatic carbocycles. The molecule has 0 bridgehead atoms. The van der Waals surface area contributed by atoms with Gasteiger partial charge in [-0.15, -0.1) is 11.6 Å². The van der Waals surface area contributed by atoms with Gasteiger partial charge in [-0.25, -0.2) is 0 Å². The van der Waals surface area contributed by atoms with Gasteiger partial charge in [0.2, 0.25) is 0 Å². The van der Waals surface area contributed by atoms with Gasteiger partial charge in [-0.3, -0.25) is 0 Å². The first-order valence-corrected chi connectivity index (χ1v) is 2.91. The van der Waals surface area contributed by atoms with Gasteiger partial charge in [-0.05, 0) is 0 Å². The van der Waals surface area contributed by atoms with Crippen molar-refractivity contribution < 1.29 is 9.84 Å². The first-order valence-electron chi connectivity index (χ1n) is 2.37. The summed E-state index contributed by atoms with van der Waals surface area (Å²) in [5.41, 5.74) is 0. The van der Waals surface area contributed by atoms with E-state index < -0.39 is 0 Å². The Balaban J connectivity index is 0. The second-order valence-electron chi connectivity index (χ2n) is 0.882. The molecular formula is C6H11ClO2. The van der Waals surface area contributed by atoms with Crippen molar-refractivity contribution in [3.63, 3.8) is 0 Å². The molecule has 0 saturated carbocycles. The molecule has 0 unspecified atom stereocenters. The molecule has 0 aliphatic heterocycles. The topological polar surface area (TPSA) is 29.5 Å². The number of rotatable bonds is 3. The number of ether oxygens (including phenoxy) is 1. The SMILES string of the molecule is C=COC=C.OCCCl. The van der Waals surface area contributed by atoms with Crippen molar-refractivity contribution in [2.75, 3.05) is 12.5 Å². The first kappa shape index (κ1) is 11.3. The van der Waals surface area contributed by atoms with E-state index in [0.29, 0.717) is 5.88 Å². The lowest BCUT2D eigenvalue weighted by Gasteiger charge is -1.76. The van der Waals surface area contributed by atoms with E-state index in [-0.39, 0.29) is 6.61 Å². The van der Waals surface area contributed by atoms with E-state index in [1.165, 1.54) is 12.5 Å². The minimum Gasteiger partial charge on any atom is -0.474 e. The number of hydrogen-bond donors (Lipinski definition) is 1. The summed E-state index contributed by atoms with van der Waals surface area (Å²) < 4.78 is 4.36. The van der Waals surface area contributed by atoms with E-state index in [9.17, 15) is 0 Å². The quantitative estimate of drug-likeness (QED) is 0.488. The lowest BCUT2D eigenvalue weighted by Crippen LogP contribution is -1.76. The van der Waals surface area contributed by atoms with Crippen LogP contribution in [0.1, 0.15) is 0 Å². The molecule has 54 valence electrons. The summed E-state index contributed by atoms with van der Waals surface area (Å²) in [6.07, 6.45) is 2.62. The summed E-state index contributed by atoms with van der Waals surface area (Å²) in [6, 6.07) is 0. The van der Waals surface area contributed by atoms with Crippen molar-refractivity contribution in [3.05, 3.63) is 25.7 Å². The maximum absolute atomic E-state index is 7.74. The summed E-state index contributed by atoms with van der Waals surface area (Å²) in [7, 11) is 0. The Morgan fingerprint density at radius 1 is 1.44 bits per heavy atom. The fourth-order valence-electron chi connectivity index (χ4n) is 0.0680. The molecule has 0 aromatic carbocycles. The third-order valence-electron chi connectivity index (χ3n) is 0.277. The molecule has 0 aromatic heterocycles. The van der Waals surface area contributed by atoms with Gasteiger partial charge in [-0.1, -0.05) is 13.2 Å². The van der Waals surface area contributed by atoms with Gasteiger partial charge in [-0.2, -0.15) is 0 Å². The maximum atomic E-state index is 7.74. The summed E-state index contributed by atoms with van der Waals surface area (Å²) in [5, 5.41) is 7.74. The van der Waals surface area contributed by atoms with Crippen LogP contribution in [0, 0.1) is 0 Å². The molecule has 0 spiro atoms. The van der Waals surface area contributed by atoms with Crippen LogP contribution in [-0.2, 0) is 4.74 Å². The lowest BCUT2D eigenvalue weighted by atomic mass is 10.9. The molecular weight excluding hydrogens is 140 g/mol. The average molecular weight is 151 g/mol. The van der Waals surface area contributed by atoms with Gasteiger partial charge in [0.05, 0.1) is 19.1 Å². The Bertz CT molecular complexity index is 56.1. The first-order chi connectivity index (χ1) is 4.33. The fraction of sp³-hybridized carbons (Fsp3) is 0.333. The van der Waals surface area contributed by atoms with E-state index >= 15 is 0 Å². The van der Waals surface area contributed by atoms with Gasteiger partial charge >= 0.3 is 0 Å². The molecule has 0 heterocycles. The Labute approximate surface area is 60.4 Å². The highest BCUT2D eigenvalue weighted by atomic mass is 35.5. The van der Waals surface area contributed by atoms with Crippen LogP contribution in [-0.4, -0.2) is 17.6 Å². The molecule has 0 aromatic rings. The van der Waals surface area contributed by atoms with Crippen LogP contribution in [0.2, 0.25) is 0 Å². The predicted molar refractivity (Wildman–Crippen MR) is 39.3 cm³/mol. The summed E-state index contributed by atoms with van der Waals surface area (Å²) >= 11 is 4.94. The highest BCUT2D eigenvalue weighted by molar-refractivity contribution is 6.17. The van der Waals surface area contributed by atoms with E-state index in [1.807, 2.05) is 0 Å². The minimum absolute atomic E-state index is 0.0849. The molecule has 9 heavy (non-hydrogen) atoms. The molecule has 0 atom stereocenters. The van der Waals surface area contributed by atoms with Crippen LogP contribution in [0.4, 0.5) is 0 Å². The van der Waals surface area contributed by atoms with Gasteiger partial charge < -0.3 is 9.84 Å². The van der Waals surface area contributed by atoms with Crippen molar-refractivity contribution in [1.82, 2.24) is 0 Å². The molecule has 0 amide bonds. The third-order valence-corrected chi connectivity index (χ3v) is 0.446. The number of alkyl halides is 1.